The molecule has 1 aromatic heterocycles. The number of para-hydroxylation sites is 1. The summed E-state index contributed by atoms with van der Waals surface area (Å²) < 4.78 is 1.65. The van der Waals surface area contributed by atoms with Crippen LogP contribution >= 0.6 is 47.0 Å². The van der Waals surface area contributed by atoms with E-state index in [9.17, 15) is 0 Å². The van der Waals surface area contributed by atoms with Gasteiger partial charge in [-0.2, -0.15) is 0 Å². The Morgan fingerprint density at radius 1 is 1.04 bits per heavy atom. The van der Waals surface area contributed by atoms with E-state index < -0.39 is 0 Å². The third-order valence-corrected chi connectivity index (χ3v) is 4.35. The maximum absolute atomic E-state index is 6.17. The second-order valence-electron chi connectivity index (χ2n) is 5.06. The fourth-order valence-corrected chi connectivity index (χ4v) is 2.92. The van der Waals surface area contributed by atoms with Crippen LogP contribution in [0.25, 0.3) is 0 Å². The molecule has 1 heterocycles. The fourth-order valence-electron chi connectivity index (χ4n) is 2.07. The van der Waals surface area contributed by atoms with Crippen LogP contribution in [0.3, 0.4) is 0 Å². The van der Waals surface area contributed by atoms with Crippen molar-refractivity contribution in [3.05, 3.63) is 69.4 Å². The van der Waals surface area contributed by atoms with Crippen molar-refractivity contribution in [2.24, 2.45) is 0 Å². The highest BCUT2D eigenvalue weighted by Gasteiger charge is 2.07. The van der Waals surface area contributed by atoms with Crippen LogP contribution in [-0.2, 0) is 6.54 Å². The van der Waals surface area contributed by atoms with Gasteiger partial charge in [0.1, 0.15) is 6.33 Å². The van der Waals surface area contributed by atoms with E-state index in [0.717, 1.165) is 5.56 Å². The molecule has 3 aromatic rings. The van der Waals surface area contributed by atoms with Crippen LogP contribution in [0.1, 0.15) is 5.56 Å². The summed E-state index contributed by atoms with van der Waals surface area (Å²) >= 11 is 23.4. The SMILES string of the molecule is S=C(Nc1ncn(Cc2ccc(Cl)cc2Cl)n1)Nc1ccccc1Cl. The summed E-state index contributed by atoms with van der Waals surface area (Å²) in [5.74, 6) is 0.370. The minimum atomic E-state index is 0.343. The quantitative estimate of drug-likeness (QED) is 0.584. The molecule has 0 aliphatic heterocycles. The van der Waals surface area contributed by atoms with Gasteiger partial charge in [0.2, 0.25) is 5.95 Å². The Hall–Kier alpha value is -1.86. The average molecular weight is 413 g/mol. The number of anilines is 2. The molecule has 0 aliphatic carbocycles. The second-order valence-corrected chi connectivity index (χ2v) is 6.72. The number of hydrogen-bond acceptors (Lipinski definition) is 3. The molecule has 2 aromatic carbocycles. The zero-order valence-electron chi connectivity index (χ0n) is 12.7. The summed E-state index contributed by atoms with van der Waals surface area (Å²) in [6.07, 6.45) is 1.59. The van der Waals surface area contributed by atoms with Gasteiger partial charge in [-0.05, 0) is 42.0 Å². The lowest BCUT2D eigenvalue weighted by atomic mass is 10.2. The van der Waals surface area contributed by atoms with Gasteiger partial charge >= 0.3 is 0 Å². The molecular formula is C16H12Cl3N5S. The second kappa shape index (κ2) is 8.01. The molecule has 0 aliphatic rings. The predicted molar refractivity (Wildman–Crippen MR) is 107 cm³/mol. The average Bonchev–Trinajstić information content (AvgIpc) is 2.99. The van der Waals surface area contributed by atoms with E-state index in [4.69, 9.17) is 47.0 Å². The van der Waals surface area contributed by atoms with Crippen molar-refractivity contribution >= 4 is 63.8 Å². The van der Waals surface area contributed by atoms with Crippen LogP contribution in [-0.4, -0.2) is 19.9 Å². The number of benzene rings is 2. The maximum atomic E-state index is 6.17. The first-order valence-corrected chi connectivity index (χ1v) is 8.71. The van der Waals surface area contributed by atoms with E-state index in [1.54, 1.807) is 29.2 Å². The van der Waals surface area contributed by atoms with Crippen molar-refractivity contribution in [3.63, 3.8) is 0 Å². The maximum Gasteiger partial charge on any atom is 0.248 e. The van der Waals surface area contributed by atoms with Crippen molar-refractivity contribution in [1.82, 2.24) is 14.8 Å². The molecule has 0 saturated carbocycles. The van der Waals surface area contributed by atoms with Gasteiger partial charge in [0, 0.05) is 10.0 Å². The summed E-state index contributed by atoms with van der Waals surface area (Å²) in [5.41, 5.74) is 1.59. The fraction of sp³-hybridized carbons (Fsp3) is 0.0625. The summed E-state index contributed by atoms with van der Waals surface area (Å²) in [6.45, 7) is 0.468. The molecule has 0 saturated heterocycles. The Kier molecular flexibility index (Phi) is 5.75. The van der Waals surface area contributed by atoms with Gasteiger partial charge in [-0.15, -0.1) is 5.10 Å². The van der Waals surface area contributed by atoms with E-state index in [2.05, 4.69) is 20.7 Å². The predicted octanol–water partition coefficient (Wildman–Crippen LogP) is 5.10. The number of nitrogens with one attached hydrogen (secondary N) is 2. The molecule has 2 N–H and O–H groups in total. The highest BCUT2D eigenvalue weighted by atomic mass is 35.5. The number of halogens is 3. The van der Waals surface area contributed by atoms with E-state index in [1.165, 1.54) is 0 Å². The van der Waals surface area contributed by atoms with Crippen LogP contribution in [0.2, 0.25) is 15.1 Å². The van der Waals surface area contributed by atoms with Gasteiger partial charge in [-0.25, -0.2) is 9.67 Å². The Balaban J connectivity index is 1.63. The van der Waals surface area contributed by atoms with Gasteiger partial charge in [-0.1, -0.05) is 53.0 Å². The largest absolute Gasteiger partial charge is 0.331 e. The van der Waals surface area contributed by atoms with E-state index in [-0.39, 0.29) is 0 Å². The smallest absolute Gasteiger partial charge is 0.248 e. The van der Waals surface area contributed by atoms with Gasteiger partial charge in [0.15, 0.2) is 5.11 Å². The zero-order valence-corrected chi connectivity index (χ0v) is 15.8. The highest BCUT2D eigenvalue weighted by molar-refractivity contribution is 7.80. The molecule has 0 amide bonds. The Bertz CT molecular complexity index is 912. The first kappa shape index (κ1) is 17.9. The van der Waals surface area contributed by atoms with Crippen molar-refractivity contribution in [3.8, 4) is 0 Å². The molecule has 25 heavy (non-hydrogen) atoms. The molecule has 128 valence electrons. The molecule has 0 atom stereocenters. The van der Waals surface area contributed by atoms with E-state index in [0.29, 0.717) is 38.4 Å². The molecule has 3 rings (SSSR count). The molecule has 0 radical (unpaired) electrons. The molecule has 9 heteroatoms. The van der Waals surface area contributed by atoms with Crippen molar-refractivity contribution in [2.45, 2.75) is 6.54 Å². The molecule has 0 bridgehead atoms. The Morgan fingerprint density at radius 2 is 1.84 bits per heavy atom. The summed E-state index contributed by atoms with van der Waals surface area (Å²) in [5, 5.41) is 12.3. The van der Waals surface area contributed by atoms with E-state index >= 15 is 0 Å². The van der Waals surface area contributed by atoms with Crippen LogP contribution in [0.4, 0.5) is 11.6 Å². The van der Waals surface area contributed by atoms with Gasteiger partial charge < -0.3 is 5.32 Å². The van der Waals surface area contributed by atoms with Crippen LogP contribution in [0.15, 0.2) is 48.8 Å². The number of nitrogens with zero attached hydrogens (tertiary/aromatic N) is 3. The molecule has 0 fully saturated rings. The number of rotatable bonds is 4. The molecule has 5 nitrogen and oxygen atoms in total. The number of aromatic nitrogens is 3. The number of hydrogen-bond donors (Lipinski definition) is 2. The molecule has 0 spiro atoms. The summed E-state index contributed by atoms with van der Waals surface area (Å²) in [6, 6.07) is 12.6. The topological polar surface area (TPSA) is 54.8 Å². The van der Waals surface area contributed by atoms with E-state index in [1.807, 2.05) is 24.3 Å². The lowest BCUT2D eigenvalue weighted by molar-refractivity contribution is 0.687. The monoisotopic (exact) mass is 411 g/mol. The van der Waals surface area contributed by atoms with Gasteiger partial charge in [0.05, 0.1) is 17.3 Å². The zero-order chi connectivity index (χ0) is 17.8. The first-order chi connectivity index (χ1) is 12.0. The standard InChI is InChI=1S/C16H12Cl3N5S/c17-11-6-5-10(13(19)7-11)8-24-9-20-15(23-24)22-16(25)21-14-4-2-1-3-12(14)18/h1-7,9H,8H2,(H2,21,22,23,25). The van der Waals surface area contributed by atoms with Crippen molar-refractivity contribution in [1.29, 1.82) is 0 Å². The molecular weight excluding hydrogens is 401 g/mol. The van der Waals surface area contributed by atoms with Crippen LogP contribution in [0, 0.1) is 0 Å². The third kappa shape index (κ3) is 4.83. The minimum absolute atomic E-state index is 0.343. The van der Waals surface area contributed by atoms with Crippen LogP contribution in [0.5, 0.6) is 0 Å². The van der Waals surface area contributed by atoms with Crippen molar-refractivity contribution in [2.75, 3.05) is 10.6 Å². The Morgan fingerprint density at radius 3 is 2.60 bits per heavy atom. The van der Waals surface area contributed by atoms with Gasteiger partial charge in [-0.3, -0.25) is 5.32 Å². The summed E-state index contributed by atoms with van der Waals surface area (Å²) in [7, 11) is 0. The first-order valence-electron chi connectivity index (χ1n) is 7.17. The lowest BCUT2D eigenvalue weighted by Crippen LogP contribution is -2.20. The third-order valence-electron chi connectivity index (χ3n) is 3.23. The summed E-state index contributed by atoms with van der Waals surface area (Å²) in [4.78, 5) is 4.17. The van der Waals surface area contributed by atoms with Gasteiger partial charge in [0.25, 0.3) is 0 Å². The van der Waals surface area contributed by atoms with Crippen molar-refractivity contribution < 1.29 is 0 Å². The van der Waals surface area contributed by atoms with Crippen LogP contribution < -0.4 is 10.6 Å². The highest BCUT2D eigenvalue weighted by Crippen LogP contribution is 2.22. The number of thiocarbonyl (C=S) groups is 1. The normalized spacial score (nSPS) is 10.5. The lowest BCUT2D eigenvalue weighted by Gasteiger charge is -2.09. The Labute approximate surface area is 164 Å². The molecule has 0 unspecified atom stereocenters. The minimum Gasteiger partial charge on any atom is -0.331 e.